The summed E-state index contributed by atoms with van der Waals surface area (Å²) in [5.74, 6) is 0.636. The van der Waals surface area contributed by atoms with E-state index in [1.165, 1.54) is 0 Å². The molecule has 0 bridgehead atoms. The minimum absolute atomic E-state index is 0.147. The molecule has 1 rings (SSSR count). The van der Waals surface area contributed by atoms with Gasteiger partial charge >= 0.3 is 0 Å². The first-order valence-corrected chi connectivity index (χ1v) is 5.61. The van der Waals surface area contributed by atoms with E-state index in [1.54, 1.807) is 6.07 Å². The van der Waals surface area contributed by atoms with Crippen molar-refractivity contribution in [3.8, 4) is 11.5 Å². The zero-order chi connectivity index (χ0) is 12.0. The lowest BCUT2D eigenvalue weighted by Gasteiger charge is -2.15. The zero-order valence-corrected chi connectivity index (χ0v) is 9.65. The van der Waals surface area contributed by atoms with Crippen LogP contribution in [-0.4, -0.2) is 18.3 Å². The summed E-state index contributed by atoms with van der Waals surface area (Å²) in [6.07, 6.45) is 1.61. The highest BCUT2D eigenvalue weighted by Gasteiger charge is 2.13. The molecule has 0 aliphatic carbocycles. The van der Waals surface area contributed by atoms with E-state index >= 15 is 0 Å². The SMILES string of the molecule is CCOc1cccc([C@@H](N)CCCN)c1O. The van der Waals surface area contributed by atoms with Gasteiger partial charge in [-0.05, 0) is 32.4 Å². The van der Waals surface area contributed by atoms with Gasteiger partial charge in [0.05, 0.1) is 6.61 Å². The number of benzene rings is 1. The fourth-order valence-corrected chi connectivity index (χ4v) is 1.60. The van der Waals surface area contributed by atoms with Crippen LogP contribution in [-0.2, 0) is 0 Å². The summed E-state index contributed by atoms with van der Waals surface area (Å²) < 4.78 is 5.30. The van der Waals surface area contributed by atoms with Gasteiger partial charge in [0.15, 0.2) is 11.5 Å². The molecule has 1 aromatic rings. The molecule has 4 nitrogen and oxygen atoms in total. The number of aromatic hydroxyl groups is 1. The summed E-state index contributed by atoms with van der Waals surface area (Å²) in [4.78, 5) is 0. The summed E-state index contributed by atoms with van der Waals surface area (Å²) in [5, 5.41) is 9.95. The highest BCUT2D eigenvalue weighted by atomic mass is 16.5. The van der Waals surface area contributed by atoms with Crippen molar-refractivity contribution in [1.82, 2.24) is 0 Å². The van der Waals surface area contributed by atoms with Crippen LogP contribution < -0.4 is 16.2 Å². The van der Waals surface area contributed by atoms with Gasteiger partial charge in [-0.25, -0.2) is 0 Å². The number of para-hydroxylation sites is 1. The van der Waals surface area contributed by atoms with Crippen LogP contribution in [0.2, 0.25) is 0 Å². The maximum Gasteiger partial charge on any atom is 0.162 e. The number of hydrogen-bond donors (Lipinski definition) is 3. The van der Waals surface area contributed by atoms with Crippen LogP contribution in [0, 0.1) is 0 Å². The molecule has 5 N–H and O–H groups in total. The molecule has 4 heteroatoms. The largest absolute Gasteiger partial charge is 0.504 e. The lowest BCUT2D eigenvalue weighted by Crippen LogP contribution is -2.13. The summed E-state index contributed by atoms with van der Waals surface area (Å²) in [6, 6.07) is 5.20. The average Bonchev–Trinajstić information content (AvgIpc) is 2.29. The molecule has 0 heterocycles. The summed E-state index contributed by atoms with van der Waals surface area (Å²) in [6.45, 7) is 3.01. The van der Waals surface area contributed by atoms with E-state index in [-0.39, 0.29) is 11.8 Å². The van der Waals surface area contributed by atoms with Crippen LogP contribution in [0.25, 0.3) is 0 Å². The fourth-order valence-electron chi connectivity index (χ4n) is 1.60. The molecule has 16 heavy (non-hydrogen) atoms. The van der Waals surface area contributed by atoms with Gasteiger partial charge in [-0.2, -0.15) is 0 Å². The molecule has 0 aliphatic heterocycles. The standard InChI is InChI=1S/C12H20N2O2/c1-2-16-11-7-3-5-9(12(11)15)10(14)6-4-8-13/h3,5,7,10,15H,2,4,6,8,13-14H2,1H3/t10-/m0/s1. The maximum absolute atomic E-state index is 9.95. The molecule has 0 aliphatic rings. The molecule has 0 fully saturated rings. The molecule has 1 aromatic carbocycles. The Morgan fingerprint density at radius 1 is 1.44 bits per heavy atom. The summed E-state index contributed by atoms with van der Waals surface area (Å²) in [7, 11) is 0. The van der Waals surface area contributed by atoms with Crippen LogP contribution in [0.3, 0.4) is 0 Å². The molecular weight excluding hydrogens is 204 g/mol. The van der Waals surface area contributed by atoms with Gasteiger partial charge in [0, 0.05) is 11.6 Å². The molecule has 90 valence electrons. The van der Waals surface area contributed by atoms with E-state index < -0.39 is 0 Å². The molecule has 0 radical (unpaired) electrons. The van der Waals surface area contributed by atoms with Crippen molar-refractivity contribution < 1.29 is 9.84 Å². The van der Waals surface area contributed by atoms with E-state index in [0.717, 1.165) is 18.4 Å². The molecule has 0 amide bonds. The van der Waals surface area contributed by atoms with Crippen molar-refractivity contribution in [2.75, 3.05) is 13.2 Å². The molecule has 0 aromatic heterocycles. The summed E-state index contributed by atoms with van der Waals surface area (Å²) in [5.41, 5.74) is 12.1. The predicted molar refractivity (Wildman–Crippen MR) is 64.5 cm³/mol. The molecule has 0 saturated carbocycles. The smallest absolute Gasteiger partial charge is 0.162 e. The van der Waals surface area contributed by atoms with Crippen LogP contribution in [0.15, 0.2) is 18.2 Å². The zero-order valence-electron chi connectivity index (χ0n) is 9.65. The third-order valence-electron chi connectivity index (χ3n) is 2.45. The third kappa shape index (κ3) is 3.12. The first-order valence-electron chi connectivity index (χ1n) is 5.61. The second-order valence-corrected chi connectivity index (χ2v) is 3.66. The van der Waals surface area contributed by atoms with Crippen LogP contribution in [0.5, 0.6) is 11.5 Å². The first-order chi connectivity index (χ1) is 7.70. The van der Waals surface area contributed by atoms with E-state index in [9.17, 15) is 5.11 Å². The van der Waals surface area contributed by atoms with E-state index in [1.807, 2.05) is 19.1 Å². The number of phenolic OH excluding ortho intramolecular Hbond substituents is 1. The van der Waals surface area contributed by atoms with Crippen LogP contribution in [0.1, 0.15) is 31.4 Å². The van der Waals surface area contributed by atoms with Crippen molar-refractivity contribution >= 4 is 0 Å². The minimum atomic E-state index is -0.191. The van der Waals surface area contributed by atoms with Crippen molar-refractivity contribution in [3.05, 3.63) is 23.8 Å². The van der Waals surface area contributed by atoms with Gasteiger partial charge in [0.1, 0.15) is 0 Å². The Kier molecular flexibility index (Phi) is 5.08. The Balaban J connectivity index is 2.82. The van der Waals surface area contributed by atoms with Gasteiger partial charge in [-0.15, -0.1) is 0 Å². The van der Waals surface area contributed by atoms with Crippen molar-refractivity contribution in [2.24, 2.45) is 11.5 Å². The van der Waals surface area contributed by atoms with Gasteiger partial charge in [0.2, 0.25) is 0 Å². The number of rotatable bonds is 6. The normalized spacial score (nSPS) is 12.4. The molecule has 1 atom stereocenters. The maximum atomic E-state index is 9.95. The highest BCUT2D eigenvalue weighted by molar-refractivity contribution is 5.46. The van der Waals surface area contributed by atoms with E-state index in [2.05, 4.69) is 0 Å². The Hall–Kier alpha value is -1.26. The Labute approximate surface area is 96.2 Å². The Bertz CT molecular complexity index is 329. The van der Waals surface area contributed by atoms with E-state index in [0.29, 0.717) is 18.9 Å². The average molecular weight is 224 g/mol. The second kappa shape index (κ2) is 6.35. The molecular formula is C12H20N2O2. The predicted octanol–water partition coefficient (Wildman–Crippen LogP) is 1.53. The lowest BCUT2D eigenvalue weighted by atomic mass is 10.0. The molecule has 0 spiro atoms. The minimum Gasteiger partial charge on any atom is -0.504 e. The van der Waals surface area contributed by atoms with Crippen LogP contribution >= 0.6 is 0 Å². The number of hydrogen-bond acceptors (Lipinski definition) is 4. The Morgan fingerprint density at radius 3 is 2.81 bits per heavy atom. The highest BCUT2D eigenvalue weighted by Crippen LogP contribution is 2.34. The first kappa shape index (κ1) is 12.8. The Morgan fingerprint density at radius 2 is 2.19 bits per heavy atom. The van der Waals surface area contributed by atoms with Crippen molar-refractivity contribution in [3.63, 3.8) is 0 Å². The number of nitrogens with two attached hydrogens (primary N) is 2. The second-order valence-electron chi connectivity index (χ2n) is 3.66. The fraction of sp³-hybridized carbons (Fsp3) is 0.500. The quantitative estimate of drug-likeness (QED) is 0.684. The van der Waals surface area contributed by atoms with Gasteiger partial charge in [-0.3, -0.25) is 0 Å². The van der Waals surface area contributed by atoms with Crippen molar-refractivity contribution in [1.29, 1.82) is 0 Å². The molecule has 0 unspecified atom stereocenters. The monoisotopic (exact) mass is 224 g/mol. The lowest BCUT2D eigenvalue weighted by molar-refractivity contribution is 0.315. The van der Waals surface area contributed by atoms with Crippen molar-refractivity contribution in [2.45, 2.75) is 25.8 Å². The number of phenols is 1. The third-order valence-corrected chi connectivity index (χ3v) is 2.45. The van der Waals surface area contributed by atoms with Gasteiger partial charge < -0.3 is 21.3 Å². The van der Waals surface area contributed by atoms with Gasteiger partial charge in [0.25, 0.3) is 0 Å². The van der Waals surface area contributed by atoms with E-state index in [4.69, 9.17) is 16.2 Å². The number of ether oxygens (including phenoxy) is 1. The molecule has 0 saturated heterocycles. The summed E-state index contributed by atoms with van der Waals surface area (Å²) >= 11 is 0. The topological polar surface area (TPSA) is 81.5 Å². The van der Waals surface area contributed by atoms with Gasteiger partial charge in [-0.1, -0.05) is 12.1 Å². The van der Waals surface area contributed by atoms with Crippen LogP contribution in [0.4, 0.5) is 0 Å².